The van der Waals surface area contributed by atoms with Crippen molar-refractivity contribution in [2.45, 2.75) is 24.6 Å². The number of carbonyl (C=O) groups is 2. The van der Waals surface area contributed by atoms with Gasteiger partial charge in [0.25, 0.3) is 0 Å². The number of rotatable bonds is 6. The van der Waals surface area contributed by atoms with E-state index in [0.717, 1.165) is 5.56 Å². The number of halogens is 1. The predicted molar refractivity (Wildman–Crippen MR) is 77.2 cm³/mol. The van der Waals surface area contributed by atoms with Crippen molar-refractivity contribution in [1.82, 2.24) is 5.32 Å². The van der Waals surface area contributed by atoms with Gasteiger partial charge in [0.1, 0.15) is 4.83 Å². The highest BCUT2D eigenvalue weighted by molar-refractivity contribution is 9.10. The van der Waals surface area contributed by atoms with E-state index in [1.165, 1.54) is 12.7 Å². The van der Waals surface area contributed by atoms with Gasteiger partial charge < -0.3 is 10.1 Å². The van der Waals surface area contributed by atoms with Crippen LogP contribution in [0, 0.1) is 6.92 Å². The van der Waals surface area contributed by atoms with Crippen molar-refractivity contribution in [3.05, 3.63) is 35.4 Å². The lowest BCUT2D eigenvalue weighted by molar-refractivity contribution is -0.139. The fraction of sp³-hybridized carbons (Fsp3) is 0.429. The molecule has 1 amide bonds. The van der Waals surface area contributed by atoms with Crippen molar-refractivity contribution in [3.63, 3.8) is 0 Å². The van der Waals surface area contributed by atoms with E-state index in [2.05, 4.69) is 26.0 Å². The molecule has 0 aliphatic carbocycles. The van der Waals surface area contributed by atoms with E-state index in [9.17, 15) is 9.59 Å². The molecular weight excluding hydrogens is 310 g/mol. The minimum atomic E-state index is -0.499. The predicted octanol–water partition coefficient (Wildman–Crippen LogP) is 1.98. The average Bonchev–Trinajstić information content (AvgIpc) is 2.43. The second-order valence-corrected chi connectivity index (χ2v) is 5.39. The van der Waals surface area contributed by atoms with Crippen LogP contribution in [0.15, 0.2) is 24.3 Å². The first-order valence-electron chi connectivity index (χ1n) is 6.07. The topological polar surface area (TPSA) is 55.4 Å². The highest BCUT2D eigenvalue weighted by atomic mass is 79.9. The Morgan fingerprint density at radius 3 is 2.53 bits per heavy atom. The summed E-state index contributed by atoms with van der Waals surface area (Å²) in [5, 5.41) is 2.69. The monoisotopic (exact) mass is 327 g/mol. The summed E-state index contributed by atoms with van der Waals surface area (Å²) in [5.74, 6) is -0.465. The second kappa shape index (κ2) is 7.94. The molecular formula is C14H18BrNO3. The van der Waals surface area contributed by atoms with Crippen molar-refractivity contribution in [2.24, 2.45) is 0 Å². The van der Waals surface area contributed by atoms with Gasteiger partial charge in [-0.25, -0.2) is 0 Å². The van der Waals surface area contributed by atoms with Gasteiger partial charge in [-0.2, -0.15) is 0 Å². The number of aryl methyl sites for hydroxylation is 2. The van der Waals surface area contributed by atoms with Gasteiger partial charge >= 0.3 is 5.97 Å². The maximum atomic E-state index is 11.6. The van der Waals surface area contributed by atoms with Gasteiger partial charge in [-0.1, -0.05) is 45.8 Å². The molecule has 0 bridgehead atoms. The highest BCUT2D eigenvalue weighted by Crippen LogP contribution is 2.06. The third-order valence-electron chi connectivity index (χ3n) is 2.70. The summed E-state index contributed by atoms with van der Waals surface area (Å²) in [4.78, 5) is 22.2. The fourth-order valence-electron chi connectivity index (χ4n) is 1.52. The molecule has 1 N–H and O–H groups in total. The normalized spacial score (nSPS) is 11.7. The largest absolute Gasteiger partial charge is 0.468 e. The number of carbonyl (C=O) groups excluding carboxylic acids is 2. The molecule has 0 saturated carbocycles. The standard InChI is InChI=1S/C14H18BrNO3/c1-10-3-5-11(6-4-10)7-8-13(17)16-9-12(15)14(18)19-2/h3-6,12H,7-9H2,1-2H3,(H,16,17). The van der Waals surface area contributed by atoms with Crippen molar-refractivity contribution in [3.8, 4) is 0 Å². The van der Waals surface area contributed by atoms with Crippen molar-refractivity contribution >= 4 is 27.8 Å². The summed E-state index contributed by atoms with van der Waals surface area (Å²) < 4.78 is 4.55. The van der Waals surface area contributed by atoms with Crippen LogP contribution < -0.4 is 5.32 Å². The first-order chi connectivity index (χ1) is 9.02. The van der Waals surface area contributed by atoms with E-state index in [0.29, 0.717) is 12.8 Å². The number of alkyl halides is 1. The first kappa shape index (κ1) is 15.7. The van der Waals surface area contributed by atoms with Gasteiger partial charge in [0.2, 0.25) is 5.91 Å². The minimum Gasteiger partial charge on any atom is -0.468 e. The Balaban J connectivity index is 2.28. The molecule has 0 aromatic heterocycles. The Bertz CT molecular complexity index is 431. The zero-order chi connectivity index (χ0) is 14.3. The smallest absolute Gasteiger partial charge is 0.321 e. The molecule has 0 aliphatic rings. The van der Waals surface area contributed by atoms with Crippen LogP contribution in [-0.2, 0) is 20.7 Å². The number of hydrogen-bond acceptors (Lipinski definition) is 3. The number of amides is 1. The molecule has 0 spiro atoms. The second-order valence-electron chi connectivity index (χ2n) is 4.28. The summed E-state index contributed by atoms with van der Waals surface area (Å²) in [7, 11) is 1.32. The third-order valence-corrected chi connectivity index (χ3v) is 3.39. The molecule has 0 saturated heterocycles. The van der Waals surface area contributed by atoms with Gasteiger partial charge in [0, 0.05) is 13.0 Å². The number of benzene rings is 1. The van der Waals surface area contributed by atoms with Crippen LogP contribution in [-0.4, -0.2) is 30.4 Å². The maximum absolute atomic E-state index is 11.6. The summed E-state index contributed by atoms with van der Waals surface area (Å²) >= 11 is 3.15. The van der Waals surface area contributed by atoms with Gasteiger partial charge in [0.15, 0.2) is 0 Å². The van der Waals surface area contributed by atoms with E-state index in [-0.39, 0.29) is 18.4 Å². The highest BCUT2D eigenvalue weighted by Gasteiger charge is 2.15. The third kappa shape index (κ3) is 5.87. The Hall–Kier alpha value is -1.36. The molecule has 19 heavy (non-hydrogen) atoms. The molecule has 1 aromatic carbocycles. The zero-order valence-corrected chi connectivity index (χ0v) is 12.7. The quantitative estimate of drug-likeness (QED) is 0.642. The summed E-state index contributed by atoms with van der Waals surface area (Å²) in [6, 6.07) is 8.09. The van der Waals surface area contributed by atoms with Crippen LogP contribution in [0.25, 0.3) is 0 Å². The zero-order valence-electron chi connectivity index (χ0n) is 11.1. The summed E-state index contributed by atoms with van der Waals surface area (Å²) in [6.07, 6.45) is 1.10. The van der Waals surface area contributed by atoms with E-state index in [1.807, 2.05) is 31.2 Å². The van der Waals surface area contributed by atoms with Crippen LogP contribution in [0.2, 0.25) is 0 Å². The van der Waals surface area contributed by atoms with Crippen molar-refractivity contribution < 1.29 is 14.3 Å². The van der Waals surface area contributed by atoms with Gasteiger partial charge in [-0.05, 0) is 18.9 Å². The first-order valence-corrected chi connectivity index (χ1v) is 6.98. The van der Waals surface area contributed by atoms with Crippen LogP contribution in [0.5, 0.6) is 0 Å². The fourth-order valence-corrected chi connectivity index (χ4v) is 1.86. The molecule has 5 heteroatoms. The molecule has 0 fully saturated rings. The lowest BCUT2D eigenvalue weighted by Gasteiger charge is -2.09. The minimum absolute atomic E-state index is 0.0751. The van der Waals surface area contributed by atoms with Gasteiger partial charge in [-0.15, -0.1) is 0 Å². The molecule has 1 atom stereocenters. The Morgan fingerprint density at radius 1 is 1.32 bits per heavy atom. The van der Waals surface area contributed by atoms with Crippen LogP contribution in [0.4, 0.5) is 0 Å². The van der Waals surface area contributed by atoms with Crippen LogP contribution in [0.1, 0.15) is 17.5 Å². The van der Waals surface area contributed by atoms with Crippen molar-refractivity contribution in [2.75, 3.05) is 13.7 Å². The number of nitrogens with one attached hydrogen (secondary N) is 1. The van der Waals surface area contributed by atoms with Gasteiger partial charge in [0.05, 0.1) is 7.11 Å². The summed E-state index contributed by atoms with van der Waals surface area (Å²) in [6.45, 7) is 2.26. The average molecular weight is 328 g/mol. The lowest BCUT2D eigenvalue weighted by Crippen LogP contribution is -2.34. The molecule has 4 nitrogen and oxygen atoms in total. The van der Waals surface area contributed by atoms with E-state index < -0.39 is 4.83 Å². The Kier molecular flexibility index (Phi) is 6.56. The molecule has 0 aliphatic heterocycles. The number of methoxy groups -OCH3 is 1. The van der Waals surface area contributed by atoms with E-state index in [4.69, 9.17) is 0 Å². The SMILES string of the molecule is COC(=O)C(Br)CNC(=O)CCc1ccc(C)cc1. The molecule has 1 aromatic rings. The lowest BCUT2D eigenvalue weighted by atomic mass is 10.1. The van der Waals surface area contributed by atoms with Crippen LogP contribution in [0.3, 0.4) is 0 Å². The van der Waals surface area contributed by atoms with E-state index >= 15 is 0 Å². The molecule has 104 valence electrons. The number of esters is 1. The molecule has 0 heterocycles. The molecule has 0 radical (unpaired) electrons. The summed E-state index contributed by atoms with van der Waals surface area (Å²) in [5.41, 5.74) is 2.33. The van der Waals surface area contributed by atoms with Crippen molar-refractivity contribution in [1.29, 1.82) is 0 Å². The van der Waals surface area contributed by atoms with Gasteiger partial charge in [-0.3, -0.25) is 9.59 Å². The Morgan fingerprint density at radius 2 is 1.95 bits per heavy atom. The number of ether oxygens (including phenoxy) is 1. The Labute approximate surface area is 121 Å². The molecule has 1 unspecified atom stereocenters. The van der Waals surface area contributed by atoms with Crippen LogP contribution >= 0.6 is 15.9 Å². The molecule has 1 rings (SSSR count). The maximum Gasteiger partial charge on any atom is 0.321 e. The number of hydrogen-bond donors (Lipinski definition) is 1. The van der Waals surface area contributed by atoms with E-state index in [1.54, 1.807) is 0 Å².